The van der Waals surface area contributed by atoms with Gasteiger partial charge in [-0.1, -0.05) is 28.1 Å². The number of nitrogens with zero attached hydrogens (tertiary/aromatic N) is 3. The Balaban J connectivity index is 1.43. The molecule has 1 aliphatic heterocycles. The van der Waals surface area contributed by atoms with Crippen molar-refractivity contribution >= 4 is 33.8 Å². The monoisotopic (exact) mass is 526 g/mol. The van der Waals surface area contributed by atoms with Crippen molar-refractivity contribution in [1.29, 1.82) is 0 Å². The molecule has 7 nitrogen and oxygen atoms in total. The number of carbonyl (C=O) groups excluding carboxylic acids is 2. The Bertz CT molecular complexity index is 1260. The molecule has 0 saturated carbocycles. The zero-order valence-corrected chi connectivity index (χ0v) is 20.4. The van der Waals surface area contributed by atoms with Crippen LogP contribution in [-0.2, 0) is 9.59 Å². The fourth-order valence-electron chi connectivity index (χ4n) is 3.97. The minimum atomic E-state index is -0.448. The fraction of sp³-hybridized carbons (Fsp3) is 0.240. The highest BCUT2D eigenvalue weighted by Crippen LogP contribution is 2.33. The Labute approximate surface area is 205 Å². The summed E-state index contributed by atoms with van der Waals surface area (Å²) in [4.78, 5) is 29.7. The van der Waals surface area contributed by atoms with Crippen molar-refractivity contribution in [3.05, 3.63) is 82.1 Å². The maximum Gasteiger partial charge on any atom is 0.262 e. The molecule has 1 unspecified atom stereocenters. The van der Waals surface area contributed by atoms with E-state index >= 15 is 0 Å². The van der Waals surface area contributed by atoms with Gasteiger partial charge in [0.2, 0.25) is 5.91 Å². The minimum absolute atomic E-state index is 0.220. The molecule has 2 heterocycles. The molecule has 0 radical (unpaired) electrons. The van der Waals surface area contributed by atoms with E-state index in [1.54, 1.807) is 25.6 Å². The summed E-state index contributed by atoms with van der Waals surface area (Å²) in [7, 11) is 1.58. The van der Waals surface area contributed by atoms with E-state index in [9.17, 15) is 14.0 Å². The number of benzene rings is 2. The van der Waals surface area contributed by atoms with Gasteiger partial charge in [-0.25, -0.2) is 9.37 Å². The average Bonchev–Trinajstić information content (AvgIpc) is 3.25. The molecule has 1 atom stereocenters. The van der Waals surface area contributed by atoms with Crippen molar-refractivity contribution in [1.82, 2.24) is 20.0 Å². The second-order valence-corrected chi connectivity index (χ2v) is 8.87. The zero-order chi connectivity index (χ0) is 24.2. The van der Waals surface area contributed by atoms with Gasteiger partial charge in [0.15, 0.2) is 0 Å². The van der Waals surface area contributed by atoms with Crippen LogP contribution in [0.2, 0.25) is 0 Å². The van der Waals surface area contributed by atoms with Crippen LogP contribution < -0.4 is 10.2 Å². The van der Waals surface area contributed by atoms with E-state index in [1.807, 2.05) is 35.9 Å². The lowest BCUT2D eigenvalue weighted by atomic mass is 9.90. The number of hydrazine groups is 1. The van der Waals surface area contributed by atoms with Crippen LogP contribution in [0.25, 0.3) is 11.8 Å². The van der Waals surface area contributed by atoms with E-state index in [2.05, 4.69) is 26.3 Å². The van der Waals surface area contributed by atoms with Crippen molar-refractivity contribution in [2.45, 2.75) is 25.7 Å². The van der Waals surface area contributed by atoms with Crippen LogP contribution in [-0.4, -0.2) is 40.0 Å². The highest BCUT2D eigenvalue weighted by molar-refractivity contribution is 9.10. The zero-order valence-electron chi connectivity index (χ0n) is 18.8. The molecule has 3 aromatic rings. The first-order valence-electron chi connectivity index (χ1n) is 10.8. The summed E-state index contributed by atoms with van der Waals surface area (Å²) in [5, 5.41) is 1.34. The number of halogens is 2. The summed E-state index contributed by atoms with van der Waals surface area (Å²) in [5.74, 6) is -0.822. The lowest BCUT2D eigenvalue weighted by Gasteiger charge is -2.32. The van der Waals surface area contributed by atoms with Crippen molar-refractivity contribution in [2.24, 2.45) is 0 Å². The number of nitrogens with one attached hydrogen (secondary N) is 1. The molecular weight excluding hydrogens is 503 g/mol. The second-order valence-electron chi connectivity index (χ2n) is 8.01. The van der Waals surface area contributed by atoms with E-state index < -0.39 is 11.8 Å². The SMILES string of the molecule is COc1cc(/C=C/C(=O)NN2CCCC(c3ccc(F)cc3Br)C2=O)ccc1-n1cnc(C)c1. The molecule has 1 aliphatic rings. The third-order valence-corrected chi connectivity index (χ3v) is 6.33. The maximum atomic E-state index is 13.4. The van der Waals surface area contributed by atoms with Gasteiger partial charge >= 0.3 is 0 Å². The molecule has 1 saturated heterocycles. The molecule has 1 aromatic heterocycles. The number of ether oxygens (including phenoxy) is 1. The van der Waals surface area contributed by atoms with Gasteiger partial charge in [-0.15, -0.1) is 0 Å². The summed E-state index contributed by atoms with van der Waals surface area (Å²) in [6.45, 7) is 2.33. The Morgan fingerprint density at radius 3 is 2.82 bits per heavy atom. The Hall–Kier alpha value is -3.46. The predicted molar refractivity (Wildman–Crippen MR) is 130 cm³/mol. The molecule has 0 bridgehead atoms. The molecule has 34 heavy (non-hydrogen) atoms. The highest BCUT2D eigenvalue weighted by Gasteiger charge is 2.32. The molecule has 4 rings (SSSR count). The van der Waals surface area contributed by atoms with Crippen molar-refractivity contribution in [3.63, 3.8) is 0 Å². The first-order chi connectivity index (χ1) is 16.4. The van der Waals surface area contributed by atoms with Crippen LogP contribution in [0.5, 0.6) is 5.75 Å². The molecule has 2 amide bonds. The van der Waals surface area contributed by atoms with E-state index in [1.165, 1.54) is 23.2 Å². The smallest absolute Gasteiger partial charge is 0.262 e. The highest BCUT2D eigenvalue weighted by atomic mass is 79.9. The van der Waals surface area contributed by atoms with Gasteiger partial charge in [0.05, 0.1) is 30.7 Å². The first-order valence-corrected chi connectivity index (χ1v) is 11.6. The third kappa shape index (κ3) is 5.20. The molecule has 0 aliphatic carbocycles. The number of hydrogen-bond acceptors (Lipinski definition) is 4. The number of piperidine rings is 1. The van der Waals surface area contributed by atoms with Crippen molar-refractivity contribution < 1.29 is 18.7 Å². The van der Waals surface area contributed by atoms with E-state index in [0.29, 0.717) is 28.8 Å². The molecule has 2 aromatic carbocycles. The summed E-state index contributed by atoms with van der Waals surface area (Å²) in [6, 6.07) is 9.86. The Morgan fingerprint density at radius 2 is 2.12 bits per heavy atom. The summed E-state index contributed by atoms with van der Waals surface area (Å²) in [5.41, 5.74) is 5.87. The van der Waals surface area contributed by atoms with E-state index in [-0.39, 0.29) is 11.7 Å². The van der Waals surface area contributed by atoms with Gasteiger partial charge in [0.1, 0.15) is 11.6 Å². The number of rotatable bonds is 6. The molecule has 9 heteroatoms. The quantitative estimate of drug-likeness (QED) is 0.478. The van der Waals surface area contributed by atoms with Crippen LogP contribution in [0.15, 0.2) is 59.5 Å². The van der Waals surface area contributed by atoms with Crippen LogP contribution in [0.1, 0.15) is 35.6 Å². The third-order valence-electron chi connectivity index (χ3n) is 5.64. The first kappa shape index (κ1) is 23.7. The van der Waals surface area contributed by atoms with Crippen molar-refractivity contribution in [3.8, 4) is 11.4 Å². The van der Waals surface area contributed by atoms with Gasteiger partial charge in [0.25, 0.3) is 5.91 Å². The van der Waals surface area contributed by atoms with E-state index in [0.717, 1.165) is 23.4 Å². The lowest BCUT2D eigenvalue weighted by molar-refractivity contribution is -0.143. The molecular formula is C25H24BrFN4O3. The number of carbonyl (C=O) groups is 2. The van der Waals surface area contributed by atoms with Crippen LogP contribution in [0.3, 0.4) is 0 Å². The summed E-state index contributed by atoms with van der Waals surface area (Å²) in [6.07, 6.45) is 7.99. The predicted octanol–water partition coefficient (Wildman–Crippen LogP) is 4.54. The molecule has 1 N–H and O–H groups in total. The second kappa shape index (κ2) is 10.2. The minimum Gasteiger partial charge on any atom is -0.495 e. The number of methoxy groups -OCH3 is 1. The fourth-order valence-corrected chi connectivity index (χ4v) is 4.59. The Morgan fingerprint density at radius 1 is 1.29 bits per heavy atom. The summed E-state index contributed by atoms with van der Waals surface area (Å²) >= 11 is 3.34. The number of hydrogen-bond donors (Lipinski definition) is 1. The molecule has 0 spiro atoms. The van der Waals surface area contributed by atoms with Crippen molar-refractivity contribution in [2.75, 3.05) is 13.7 Å². The number of amides is 2. The molecule has 1 fully saturated rings. The largest absolute Gasteiger partial charge is 0.495 e. The lowest BCUT2D eigenvalue weighted by Crippen LogP contribution is -2.50. The standard InChI is InChI=1S/C25H24BrFN4O3/c1-16-14-30(15-28-16)22-9-5-17(12-23(22)34-2)6-10-24(32)29-31-11-3-4-20(25(31)33)19-8-7-18(27)13-21(19)26/h5-10,12-15,20H,3-4,11H2,1-2H3,(H,29,32)/b10-6+. The Kier molecular flexibility index (Phi) is 7.12. The van der Waals surface area contributed by atoms with Gasteiger partial charge in [-0.2, -0.15) is 0 Å². The van der Waals surface area contributed by atoms with Gasteiger partial charge in [0, 0.05) is 23.3 Å². The number of aryl methyl sites for hydroxylation is 1. The summed E-state index contributed by atoms with van der Waals surface area (Å²) < 4.78 is 21.4. The topological polar surface area (TPSA) is 76.5 Å². The maximum absolute atomic E-state index is 13.4. The van der Waals surface area contributed by atoms with Gasteiger partial charge in [-0.05, 0) is 61.2 Å². The number of aromatic nitrogens is 2. The van der Waals surface area contributed by atoms with Crippen LogP contribution in [0.4, 0.5) is 4.39 Å². The molecule has 176 valence electrons. The van der Waals surface area contributed by atoms with Gasteiger partial charge in [-0.3, -0.25) is 20.0 Å². The van der Waals surface area contributed by atoms with Crippen LogP contribution >= 0.6 is 15.9 Å². The average molecular weight is 527 g/mol. The van der Waals surface area contributed by atoms with Gasteiger partial charge < -0.3 is 9.30 Å². The number of imidazole rings is 1. The normalized spacial score (nSPS) is 16.2. The van der Waals surface area contributed by atoms with E-state index in [4.69, 9.17) is 4.74 Å². The van der Waals surface area contributed by atoms with Crippen LogP contribution in [0, 0.1) is 12.7 Å².